The van der Waals surface area contributed by atoms with Gasteiger partial charge in [-0.2, -0.15) is 0 Å². The first-order valence-corrected chi connectivity index (χ1v) is 10.6. The minimum Gasteiger partial charge on any atom is -0.379 e. The molecule has 1 saturated heterocycles. The van der Waals surface area contributed by atoms with Crippen LogP contribution in [0.3, 0.4) is 0 Å². The molecule has 2 unspecified atom stereocenters. The lowest BCUT2D eigenvalue weighted by molar-refractivity contribution is -0.117. The van der Waals surface area contributed by atoms with E-state index in [2.05, 4.69) is 33.1 Å². The molecule has 2 heterocycles. The minimum atomic E-state index is -0.224. The molecule has 156 valence electrons. The number of halogens is 1. The Morgan fingerprint density at radius 1 is 1.10 bits per heavy atom. The number of aromatic nitrogens is 1. The van der Waals surface area contributed by atoms with Gasteiger partial charge in [-0.15, -0.1) is 0 Å². The molecule has 1 aliphatic heterocycles. The molecule has 0 bridgehead atoms. The van der Waals surface area contributed by atoms with Crippen LogP contribution in [0.4, 0.5) is 10.1 Å². The molecular weight excluding hydrogens is 381 g/mol. The number of carbonyl (C=O) groups is 1. The molecule has 5 rings (SSSR count). The van der Waals surface area contributed by atoms with E-state index in [0.29, 0.717) is 12.0 Å². The molecule has 3 aromatic rings. The molecule has 1 N–H and O–H groups in total. The fourth-order valence-electron chi connectivity index (χ4n) is 4.39. The number of rotatable bonds is 6. The van der Waals surface area contributed by atoms with Gasteiger partial charge in [-0.05, 0) is 48.2 Å². The summed E-state index contributed by atoms with van der Waals surface area (Å²) < 4.78 is 21.6. The predicted octanol–water partition coefficient (Wildman–Crippen LogP) is 3.85. The summed E-state index contributed by atoms with van der Waals surface area (Å²) in [6.45, 7) is 5.55. The SMILES string of the molecule is O=C(Nc1ccc2c(ccn2CCN2CCOCC2)c1)C1CC1c1ccccc1F. The summed E-state index contributed by atoms with van der Waals surface area (Å²) in [7, 11) is 0. The third-order valence-electron chi connectivity index (χ3n) is 6.23. The molecule has 2 fully saturated rings. The lowest BCUT2D eigenvalue weighted by Gasteiger charge is -2.26. The number of ether oxygens (including phenoxy) is 1. The Labute approximate surface area is 175 Å². The number of carbonyl (C=O) groups excluding carboxylic acids is 1. The molecule has 6 heteroatoms. The fraction of sp³-hybridized carbons (Fsp3) is 0.375. The molecule has 1 aliphatic carbocycles. The Morgan fingerprint density at radius 3 is 2.77 bits per heavy atom. The third kappa shape index (κ3) is 3.98. The quantitative estimate of drug-likeness (QED) is 0.675. The number of benzene rings is 2. The number of fused-ring (bicyclic) bond motifs is 1. The molecule has 1 amide bonds. The molecule has 0 radical (unpaired) electrons. The van der Waals surface area contributed by atoms with Crippen LogP contribution >= 0.6 is 0 Å². The van der Waals surface area contributed by atoms with Crippen molar-refractivity contribution in [2.45, 2.75) is 18.9 Å². The van der Waals surface area contributed by atoms with Crippen LogP contribution in [-0.2, 0) is 16.1 Å². The molecular formula is C24H26FN3O2. The zero-order valence-corrected chi connectivity index (χ0v) is 16.9. The molecule has 1 aromatic heterocycles. The van der Waals surface area contributed by atoms with Crippen molar-refractivity contribution in [3.8, 4) is 0 Å². The van der Waals surface area contributed by atoms with E-state index in [4.69, 9.17) is 4.74 Å². The number of hydrogen-bond donors (Lipinski definition) is 1. The average molecular weight is 407 g/mol. The van der Waals surface area contributed by atoms with Crippen molar-refractivity contribution >= 4 is 22.5 Å². The van der Waals surface area contributed by atoms with Gasteiger partial charge in [0, 0.05) is 54.9 Å². The Hall–Kier alpha value is -2.70. The van der Waals surface area contributed by atoms with E-state index in [-0.39, 0.29) is 23.6 Å². The zero-order chi connectivity index (χ0) is 20.5. The van der Waals surface area contributed by atoms with Crippen LogP contribution in [0.15, 0.2) is 54.7 Å². The van der Waals surface area contributed by atoms with Gasteiger partial charge < -0.3 is 14.6 Å². The van der Waals surface area contributed by atoms with Gasteiger partial charge in [-0.25, -0.2) is 4.39 Å². The van der Waals surface area contributed by atoms with Crippen molar-refractivity contribution in [1.82, 2.24) is 9.47 Å². The molecule has 2 aliphatic rings. The van der Waals surface area contributed by atoms with E-state index in [9.17, 15) is 9.18 Å². The van der Waals surface area contributed by atoms with Crippen molar-refractivity contribution < 1.29 is 13.9 Å². The molecule has 1 saturated carbocycles. The summed E-state index contributed by atoms with van der Waals surface area (Å²) in [6, 6.07) is 14.8. The van der Waals surface area contributed by atoms with Gasteiger partial charge in [0.1, 0.15) is 5.82 Å². The highest BCUT2D eigenvalue weighted by atomic mass is 19.1. The van der Waals surface area contributed by atoms with Crippen LogP contribution in [0, 0.1) is 11.7 Å². The topological polar surface area (TPSA) is 46.5 Å². The van der Waals surface area contributed by atoms with E-state index in [1.54, 1.807) is 12.1 Å². The number of nitrogens with zero attached hydrogens (tertiary/aromatic N) is 2. The minimum absolute atomic E-state index is 0.0174. The standard InChI is InChI=1S/C24H26FN3O2/c25-22-4-2-1-3-19(22)20-16-21(20)24(29)26-18-5-6-23-17(15-18)7-8-28(23)10-9-27-11-13-30-14-12-27/h1-8,15,20-21H,9-14,16H2,(H,26,29). The highest BCUT2D eigenvalue weighted by Gasteiger charge is 2.45. The second-order valence-electron chi connectivity index (χ2n) is 8.20. The number of amides is 1. The average Bonchev–Trinajstić information content (AvgIpc) is 3.47. The second-order valence-corrected chi connectivity index (χ2v) is 8.20. The molecule has 30 heavy (non-hydrogen) atoms. The van der Waals surface area contributed by atoms with Gasteiger partial charge in [0.25, 0.3) is 0 Å². The summed E-state index contributed by atoms with van der Waals surface area (Å²) in [4.78, 5) is 15.1. The maximum atomic E-state index is 14.0. The normalized spacial score (nSPS) is 21.6. The number of nitrogens with one attached hydrogen (secondary N) is 1. The zero-order valence-electron chi connectivity index (χ0n) is 16.9. The third-order valence-corrected chi connectivity index (χ3v) is 6.23. The number of morpholine rings is 1. The Bertz CT molecular complexity index is 1060. The van der Waals surface area contributed by atoms with Gasteiger partial charge >= 0.3 is 0 Å². The second kappa shape index (κ2) is 8.20. The van der Waals surface area contributed by atoms with Crippen molar-refractivity contribution in [1.29, 1.82) is 0 Å². The van der Waals surface area contributed by atoms with Crippen molar-refractivity contribution in [2.75, 3.05) is 38.2 Å². The molecule has 5 nitrogen and oxygen atoms in total. The van der Waals surface area contributed by atoms with E-state index in [1.165, 1.54) is 6.07 Å². The summed E-state index contributed by atoms with van der Waals surface area (Å²) in [5.41, 5.74) is 2.60. The van der Waals surface area contributed by atoms with Crippen LogP contribution in [0.25, 0.3) is 10.9 Å². The van der Waals surface area contributed by atoms with Crippen LogP contribution in [0.2, 0.25) is 0 Å². The lowest BCUT2D eigenvalue weighted by atomic mass is 10.1. The maximum Gasteiger partial charge on any atom is 0.228 e. The van der Waals surface area contributed by atoms with E-state index >= 15 is 0 Å². The molecule has 0 spiro atoms. The smallest absolute Gasteiger partial charge is 0.228 e. The lowest BCUT2D eigenvalue weighted by Crippen LogP contribution is -2.38. The predicted molar refractivity (Wildman–Crippen MR) is 115 cm³/mol. The number of hydrogen-bond acceptors (Lipinski definition) is 3. The Balaban J connectivity index is 1.22. The summed E-state index contributed by atoms with van der Waals surface area (Å²) in [5.74, 6) is -0.432. The first kappa shape index (κ1) is 19.3. The number of anilines is 1. The Morgan fingerprint density at radius 2 is 1.93 bits per heavy atom. The van der Waals surface area contributed by atoms with Crippen LogP contribution in [0.1, 0.15) is 17.9 Å². The fourth-order valence-corrected chi connectivity index (χ4v) is 4.39. The van der Waals surface area contributed by atoms with Gasteiger partial charge in [0.2, 0.25) is 5.91 Å². The summed E-state index contributed by atoms with van der Waals surface area (Å²) in [6.07, 6.45) is 2.80. The largest absolute Gasteiger partial charge is 0.379 e. The highest BCUT2D eigenvalue weighted by molar-refractivity contribution is 5.97. The van der Waals surface area contributed by atoms with Crippen LogP contribution < -0.4 is 5.32 Å². The van der Waals surface area contributed by atoms with Crippen molar-refractivity contribution in [3.05, 3.63) is 66.1 Å². The van der Waals surface area contributed by atoms with Gasteiger partial charge in [0.05, 0.1) is 13.2 Å². The van der Waals surface area contributed by atoms with Gasteiger partial charge in [0.15, 0.2) is 0 Å². The Kier molecular flexibility index (Phi) is 5.27. The van der Waals surface area contributed by atoms with E-state index in [0.717, 1.165) is 56.0 Å². The van der Waals surface area contributed by atoms with E-state index in [1.807, 2.05) is 18.2 Å². The van der Waals surface area contributed by atoms with Gasteiger partial charge in [-0.1, -0.05) is 18.2 Å². The highest BCUT2D eigenvalue weighted by Crippen LogP contribution is 2.48. The van der Waals surface area contributed by atoms with Crippen LogP contribution in [-0.4, -0.2) is 48.2 Å². The first-order chi connectivity index (χ1) is 14.7. The molecule has 2 atom stereocenters. The van der Waals surface area contributed by atoms with Gasteiger partial charge in [-0.3, -0.25) is 9.69 Å². The molecule has 2 aromatic carbocycles. The summed E-state index contributed by atoms with van der Waals surface area (Å²) >= 11 is 0. The monoisotopic (exact) mass is 407 g/mol. The first-order valence-electron chi connectivity index (χ1n) is 10.6. The van der Waals surface area contributed by atoms with E-state index < -0.39 is 0 Å². The summed E-state index contributed by atoms with van der Waals surface area (Å²) in [5, 5.41) is 4.12. The van der Waals surface area contributed by atoms with Crippen molar-refractivity contribution in [3.63, 3.8) is 0 Å². The van der Waals surface area contributed by atoms with Crippen molar-refractivity contribution in [2.24, 2.45) is 5.92 Å². The maximum absolute atomic E-state index is 14.0. The van der Waals surface area contributed by atoms with Crippen LogP contribution in [0.5, 0.6) is 0 Å².